The van der Waals surface area contributed by atoms with E-state index in [1.165, 1.54) is 0 Å². The molecule has 0 radical (unpaired) electrons. The maximum atomic E-state index is 8.92. The highest BCUT2D eigenvalue weighted by Crippen LogP contribution is 2.33. The minimum atomic E-state index is 0.439. The Balaban J connectivity index is 2.38. The summed E-state index contributed by atoms with van der Waals surface area (Å²) in [7, 11) is 0. The highest BCUT2D eigenvalue weighted by molar-refractivity contribution is 6.34. The van der Waals surface area contributed by atoms with Crippen LogP contribution in [0.15, 0.2) is 12.3 Å². The predicted molar refractivity (Wildman–Crippen MR) is 64.6 cm³/mol. The standard InChI is InChI=1S/C12H14ClN3/c1-8-5-9(2)16(7-8)12-11(13)10(6-14)3-4-15-12/h3-4,8-9H,5,7H2,1-2H3. The summed E-state index contributed by atoms with van der Waals surface area (Å²) in [5, 5.41) is 9.40. The average molecular weight is 236 g/mol. The summed E-state index contributed by atoms with van der Waals surface area (Å²) in [6.07, 6.45) is 2.80. The molecular weight excluding hydrogens is 222 g/mol. The summed E-state index contributed by atoms with van der Waals surface area (Å²) in [5.74, 6) is 1.40. The number of hydrogen-bond donors (Lipinski definition) is 0. The van der Waals surface area contributed by atoms with E-state index in [1.54, 1.807) is 12.3 Å². The molecule has 0 saturated carbocycles. The van der Waals surface area contributed by atoms with E-state index in [4.69, 9.17) is 16.9 Å². The molecule has 16 heavy (non-hydrogen) atoms. The second-order valence-corrected chi connectivity index (χ2v) is 4.83. The molecule has 0 amide bonds. The van der Waals surface area contributed by atoms with Gasteiger partial charge >= 0.3 is 0 Å². The van der Waals surface area contributed by atoms with Crippen molar-refractivity contribution in [2.75, 3.05) is 11.4 Å². The van der Waals surface area contributed by atoms with Crippen LogP contribution >= 0.6 is 11.6 Å². The van der Waals surface area contributed by atoms with Crippen molar-refractivity contribution in [3.63, 3.8) is 0 Å². The lowest BCUT2D eigenvalue weighted by molar-refractivity contribution is 0.625. The van der Waals surface area contributed by atoms with Gasteiger partial charge in [0.1, 0.15) is 16.9 Å². The lowest BCUT2D eigenvalue weighted by atomic mass is 10.1. The van der Waals surface area contributed by atoms with Gasteiger partial charge in [-0.1, -0.05) is 18.5 Å². The summed E-state index contributed by atoms with van der Waals surface area (Å²) in [5.41, 5.74) is 0.499. The Morgan fingerprint density at radius 2 is 2.31 bits per heavy atom. The van der Waals surface area contributed by atoms with Gasteiger partial charge in [0.25, 0.3) is 0 Å². The van der Waals surface area contributed by atoms with E-state index >= 15 is 0 Å². The first-order valence-corrected chi connectivity index (χ1v) is 5.82. The molecule has 2 unspecified atom stereocenters. The summed E-state index contributed by atoms with van der Waals surface area (Å²) in [6, 6.07) is 4.17. The summed E-state index contributed by atoms with van der Waals surface area (Å²) in [6.45, 7) is 5.35. The molecule has 84 valence electrons. The van der Waals surface area contributed by atoms with Gasteiger partial charge in [-0.25, -0.2) is 4.98 Å². The van der Waals surface area contributed by atoms with E-state index < -0.39 is 0 Å². The van der Waals surface area contributed by atoms with Gasteiger partial charge in [0.2, 0.25) is 0 Å². The van der Waals surface area contributed by atoms with Crippen molar-refractivity contribution in [3.8, 4) is 6.07 Å². The van der Waals surface area contributed by atoms with Gasteiger partial charge in [-0.2, -0.15) is 5.26 Å². The number of anilines is 1. The zero-order valence-corrected chi connectivity index (χ0v) is 10.2. The minimum Gasteiger partial charge on any atom is -0.352 e. The van der Waals surface area contributed by atoms with Crippen LogP contribution in [0, 0.1) is 17.2 Å². The summed E-state index contributed by atoms with van der Waals surface area (Å²) in [4.78, 5) is 6.48. The van der Waals surface area contributed by atoms with Crippen LogP contribution < -0.4 is 4.90 Å². The highest BCUT2D eigenvalue weighted by Gasteiger charge is 2.28. The SMILES string of the molecule is CC1CC(C)N(c2nccc(C#N)c2Cl)C1. The van der Waals surface area contributed by atoms with Crippen LogP contribution in [0.25, 0.3) is 0 Å². The Labute approximate surface area is 101 Å². The summed E-state index contributed by atoms with van der Waals surface area (Å²) >= 11 is 6.18. The van der Waals surface area contributed by atoms with E-state index in [1.807, 2.05) is 0 Å². The first-order chi connectivity index (χ1) is 7.63. The molecule has 2 atom stereocenters. The van der Waals surface area contributed by atoms with E-state index in [9.17, 15) is 0 Å². The second kappa shape index (κ2) is 4.31. The Kier molecular flexibility index (Phi) is 3.02. The van der Waals surface area contributed by atoms with Crippen LogP contribution in [-0.2, 0) is 0 Å². The normalized spacial score (nSPS) is 24.5. The van der Waals surface area contributed by atoms with Gasteiger partial charge in [0.15, 0.2) is 0 Å². The molecule has 0 spiro atoms. The molecule has 1 aromatic heterocycles. The minimum absolute atomic E-state index is 0.439. The van der Waals surface area contributed by atoms with E-state index in [0.717, 1.165) is 18.8 Å². The molecule has 1 aliphatic heterocycles. The van der Waals surface area contributed by atoms with Gasteiger partial charge in [0.05, 0.1) is 5.56 Å². The van der Waals surface area contributed by atoms with Gasteiger partial charge in [-0.3, -0.25) is 0 Å². The molecule has 3 nitrogen and oxygen atoms in total. The molecule has 2 heterocycles. The number of halogens is 1. The molecular formula is C12H14ClN3. The molecule has 1 saturated heterocycles. The quantitative estimate of drug-likeness (QED) is 0.752. The maximum Gasteiger partial charge on any atom is 0.148 e. The number of nitrogens with zero attached hydrogens (tertiary/aromatic N) is 3. The van der Waals surface area contributed by atoms with Crippen LogP contribution in [0.3, 0.4) is 0 Å². The van der Waals surface area contributed by atoms with E-state index in [2.05, 4.69) is 29.8 Å². The largest absolute Gasteiger partial charge is 0.352 e. The van der Waals surface area contributed by atoms with Crippen molar-refractivity contribution in [1.82, 2.24) is 4.98 Å². The number of hydrogen-bond acceptors (Lipinski definition) is 3. The van der Waals surface area contributed by atoms with Crippen molar-refractivity contribution in [1.29, 1.82) is 5.26 Å². The van der Waals surface area contributed by atoms with Crippen molar-refractivity contribution >= 4 is 17.4 Å². The maximum absolute atomic E-state index is 8.92. The van der Waals surface area contributed by atoms with Gasteiger partial charge < -0.3 is 4.90 Å². The molecule has 0 N–H and O–H groups in total. The lowest BCUT2D eigenvalue weighted by Crippen LogP contribution is -2.28. The lowest BCUT2D eigenvalue weighted by Gasteiger charge is -2.23. The fourth-order valence-electron chi connectivity index (χ4n) is 2.31. The Morgan fingerprint density at radius 3 is 2.88 bits per heavy atom. The Bertz CT molecular complexity index is 438. The molecule has 1 aromatic rings. The van der Waals surface area contributed by atoms with E-state index in [-0.39, 0.29) is 0 Å². The zero-order valence-electron chi connectivity index (χ0n) is 9.44. The van der Waals surface area contributed by atoms with Crippen molar-refractivity contribution < 1.29 is 0 Å². The fourth-order valence-corrected chi connectivity index (χ4v) is 2.58. The first-order valence-electron chi connectivity index (χ1n) is 5.44. The van der Waals surface area contributed by atoms with Crippen LogP contribution in [0.1, 0.15) is 25.8 Å². The molecule has 1 fully saturated rings. The third kappa shape index (κ3) is 1.85. The number of nitriles is 1. The van der Waals surface area contributed by atoms with Crippen molar-refractivity contribution in [3.05, 3.63) is 22.8 Å². The van der Waals surface area contributed by atoms with Gasteiger partial charge in [-0.05, 0) is 25.3 Å². The Hall–Kier alpha value is -1.27. The van der Waals surface area contributed by atoms with Gasteiger partial charge in [-0.15, -0.1) is 0 Å². The molecule has 2 rings (SSSR count). The predicted octanol–water partition coefficient (Wildman–Crippen LogP) is 2.84. The van der Waals surface area contributed by atoms with Crippen LogP contribution in [0.2, 0.25) is 5.02 Å². The first kappa shape index (κ1) is 11.2. The number of rotatable bonds is 1. The third-order valence-corrected chi connectivity index (χ3v) is 3.42. The fraction of sp³-hybridized carbons (Fsp3) is 0.500. The monoisotopic (exact) mass is 235 g/mol. The molecule has 0 aliphatic carbocycles. The zero-order chi connectivity index (χ0) is 11.7. The number of aromatic nitrogens is 1. The molecule has 0 bridgehead atoms. The highest BCUT2D eigenvalue weighted by atomic mass is 35.5. The van der Waals surface area contributed by atoms with E-state index in [0.29, 0.717) is 22.5 Å². The summed E-state index contributed by atoms with van der Waals surface area (Å²) < 4.78 is 0. The third-order valence-electron chi connectivity index (χ3n) is 3.05. The van der Waals surface area contributed by atoms with Crippen LogP contribution in [0.4, 0.5) is 5.82 Å². The number of pyridine rings is 1. The van der Waals surface area contributed by atoms with Crippen LogP contribution in [-0.4, -0.2) is 17.6 Å². The Morgan fingerprint density at radius 1 is 1.56 bits per heavy atom. The second-order valence-electron chi connectivity index (χ2n) is 4.45. The molecule has 0 aromatic carbocycles. The topological polar surface area (TPSA) is 39.9 Å². The average Bonchev–Trinajstić information content (AvgIpc) is 2.58. The molecule has 4 heteroatoms. The van der Waals surface area contributed by atoms with Crippen molar-refractivity contribution in [2.24, 2.45) is 5.92 Å². The van der Waals surface area contributed by atoms with Crippen LogP contribution in [0.5, 0.6) is 0 Å². The van der Waals surface area contributed by atoms with Crippen molar-refractivity contribution in [2.45, 2.75) is 26.3 Å². The smallest absolute Gasteiger partial charge is 0.148 e. The molecule has 1 aliphatic rings. The van der Waals surface area contributed by atoms with Gasteiger partial charge in [0, 0.05) is 18.8 Å².